The van der Waals surface area contributed by atoms with Crippen molar-refractivity contribution in [1.82, 2.24) is 4.90 Å². The van der Waals surface area contributed by atoms with Crippen LogP contribution in [0.3, 0.4) is 0 Å². The van der Waals surface area contributed by atoms with Crippen molar-refractivity contribution in [2.45, 2.75) is 13.0 Å². The molecule has 1 aromatic rings. The average molecular weight is 290 g/mol. The third-order valence-electron chi connectivity index (χ3n) is 4.24. The lowest BCUT2D eigenvalue weighted by Crippen LogP contribution is -2.36. The van der Waals surface area contributed by atoms with E-state index in [4.69, 9.17) is 9.84 Å². The highest BCUT2D eigenvalue weighted by Crippen LogP contribution is 2.21. The smallest absolute Gasteiger partial charge is 0.223 e. The number of benzene rings is 1. The number of aliphatic hydroxyl groups excluding tert-OH is 1. The van der Waals surface area contributed by atoms with Gasteiger partial charge in [-0.1, -0.05) is 12.1 Å². The largest absolute Gasteiger partial charge is 0.396 e. The van der Waals surface area contributed by atoms with Crippen molar-refractivity contribution >= 4 is 11.6 Å². The third-order valence-corrected chi connectivity index (χ3v) is 4.24. The predicted molar refractivity (Wildman–Crippen MR) is 80.1 cm³/mol. The zero-order chi connectivity index (χ0) is 14.7. The van der Waals surface area contributed by atoms with Gasteiger partial charge >= 0.3 is 0 Å². The number of ether oxygens (including phenoxy) is 1. The molecule has 0 aliphatic carbocycles. The highest BCUT2D eigenvalue weighted by molar-refractivity contribution is 5.78. The van der Waals surface area contributed by atoms with Gasteiger partial charge < -0.3 is 19.6 Å². The van der Waals surface area contributed by atoms with E-state index in [1.165, 1.54) is 5.69 Å². The van der Waals surface area contributed by atoms with E-state index < -0.39 is 0 Å². The second-order valence-electron chi connectivity index (χ2n) is 5.79. The van der Waals surface area contributed by atoms with Crippen molar-refractivity contribution in [3.8, 4) is 0 Å². The lowest BCUT2D eigenvalue weighted by molar-refractivity contribution is -0.128. The van der Waals surface area contributed by atoms with Crippen molar-refractivity contribution in [2.24, 2.45) is 5.92 Å². The summed E-state index contributed by atoms with van der Waals surface area (Å²) < 4.78 is 5.36. The van der Waals surface area contributed by atoms with Crippen LogP contribution in [0.2, 0.25) is 0 Å². The van der Waals surface area contributed by atoms with Crippen LogP contribution in [-0.2, 0) is 16.1 Å². The quantitative estimate of drug-likeness (QED) is 0.894. The van der Waals surface area contributed by atoms with Crippen molar-refractivity contribution in [2.75, 3.05) is 44.4 Å². The molecule has 0 saturated carbocycles. The first-order valence-electron chi connectivity index (χ1n) is 7.56. The van der Waals surface area contributed by atoms with E-state index >= 15 is 0 Å². The Labute approximate surface area is 125 Å². The Morgan fingerprint density at radius 3 is 2.52 bits per heavy atom. The summed E-state index contributed by atoms with van der Waals surface area (Å²) in [6.07, 6.45) is 0.475. The first-order valence-corrected chi connectivity index (χ1v) is 7.56. The molecule has 0 spiro atoms. The van der Waals surface area contributed by atoms with Crippen LogP contribution in [0.15, 0.2) is 24.3 Å². The number of carbonyl (C=O) groups is 1. The monoisotopic (exact) mass is 290 g/mol. The fraction of sp³-hybridized carbons (Fsp3) is 0.562. The number of likely N-dealkylation sites (tertiary alicyclic amines) is 1. The molecule has 1 atom stereocenters. The first-order chi connectivity index (χ1) is 10.3. The molecule has 3 rings (SSSR count). The van der Waals surface area contributed by atoms with Crippen molar-refractivity contribution in [1.29, 1.82) is 0 Å². The summed E-state index contributed by atoms with van der Waals surface area (Å²) in [5, 5.41) is 9.15. The van der Waals surface area contributed by atoms with E-state index in [1.807, 2.05) is 4.90 Å². The van der Waals surface area contributed by atoms with E-state index in [-0.39, 0.29) is 18.4 Å². The SMILES string of the molecule is O=C1CC(CO)CN1Cc1ccc(N2CCOCC2)cc1. The number of aliphatic hydroxyl groups is 1. The van der Waals surface area contributed by atoms with Gasteiger partial charge in [0.1, 0.15) is 0 Å². The van der Waals surface area contributed by atoms with Crippen LogP contribution in [0.1, 0.15) is 12.0 Å². The van der Waals surface area contributed by atoms with Crippen LogP contribution in [-0.4, -0.2) is 55.4 Å². The standard InChI is InChI=1S/C16H22N2O3/c19-12-14-9-16(20)18(11-14)10-13-1-3-15(4-2-13)17-5-7-21-8-6-17/h1-4,14,19H,5-12H2. The molecule has 1 N–H and O–H groups in total. The number of amides is 1. The Hall–Kier alpha value is -1.59. The number of carbonyl (C=O) groups excluding carboxylic acids is 1. The molecule has 2 aliphatic rings. The third kappa shape index (κ3) is 3.36. The average Bonchev–Trinajstić information content (AvgIpc) is 2.89. The molecule has 0 bridgehead atoms. The molecule has 114 valence electrons. The van der Waals surface area contributed by atoms with Crippen molar-refractivity contribution < 1.29 is 14.6 Å². The summed E-state index contributed by atoms with van der Waals surface area (Å²) in [5.74, 6) is 0.247. The molecular formula is C16H22N2O3. The molecule has 5 heteroatoms. The van der Waals surface area contributed by atoms with Crippen LogP contribution >= 0.6 is 0 Å². The Balaban J connectivity index is 1.60. The van der Waals surface area contributed by atoms with Crippen LogP contribution in [0.25, 0.3) is 0 Å². The Kier molecular flexibility index (Phi) is 4.41. The van der Waals surface area contributed by atoms with E-state index in [2.05, 4.69) is 29.2 Å². The summed E-state index contributed by atoms with van der Waals surface area (Å²) in [6.45, 7) is 4.83. The second-order valence-corrected chi connectivity index (χ2v) is 5.79. The van der Waals surface area contributed by atoms with Gasteiger partial charge in [0.05, 0.1) is 13.2 Å². The molecule has 2 heterocycles. The Morgan fingerprint density at radius 1 is 1.19 bits per heavy atom. The van der Waals surface area contributed by atoms with Gasteiger partial charge in [-0.2, -0.15) is 0 Å². The summed E-state index contributed by atoms with van der Waals surface area (Å²) in [4.78, 5) is 16.0. The number of hydrogen-bond donors (Lipinski definition) is 1. The minimum Gasteiger partial charge on any atom is -0.396 e. The normalized spacial score (nSPS) is 22.9. The minimum absolute atomic E-state index is 0.0954. The van der Waals surface area contributed by atoms with Crippen LogP contribution in [0.5, 0.6) is 0 Å². The molecule has 1 unspecified atom stereocenters. The number of nitrogens with zero attached hydrogens (tertiary/aromatic N) is 2. The van der Waals surface area contributed by atoms with Gasteiger partial charge in [-0.3, -0.25) is 4.79 Å². The van der Waals surface area contributed by atoms with Gasteiger partial charge in [0.15, 0.2) is 0 Å². The number of morpholine rings is 1. The second kappa shape index (κ2) is 6.45. The lowest BCUT2D eigenvalue weighted by Gasteiger charge is -2.29. The van der Waals surface area contributed by atoms with Gasteiger partial charge in [-0.25, -0.2) is 0 Å². The minimum atomic E-state index is 0.0954. The summed E-state index contributed by atoms with van der Waals surface area (Å²) in [6, 6.07) is 8.41. The topological polar surface area (TPSA) is 53.0 Å². The molecule has 2 aliphatic heterocycles. The Morgan fingerprint density at radius 2 is 1.90 bits per heavy atom. The highest BCUT2D eigenvalue weighted by Gasteiger charge is 2.28. The zero-order valence-corrected chi connectivity index (χ0v) is 12.2. The van der Waals surface area contributed by atoms with Gasteiger partial charge in [-0.05, 0) is 17.7 Å². The molecule has 0 radical (unpaired) electrons. The summed E-state index contributed by atoms with van der Waals surface area (Å²) >= 11 is 0. The molecule has 1 amide bonds. The Bertz CT molecular complexity index is 483. The summed E-state index contributed by atoms with van der Waals surface area (Å²) in [7, 11) is 0. The maximum Gasteiger partial charge on any atom is 0.223 e. The van der Waals surface area contributed by atoms with E-state index in [0.717, 1.165) is 31.9 Å². The van der Waals surface area contributed by atoms with E-state index in [9.17, 15) is 4.79 Å². The lowest BCUT2D eigenvalue weighted by atomic mass is 10.1. The van der Waals surface area contributed by atoms with Gasteiger partial charge in [0, 0.05) is 50.8 Å². The molecular weight excluding hydrogens is 268 g/mol. The van der Waals surface area contributed by atoms with Gasteiger partial charge in [0.2, 0.25) is 5.91 Å². The number of anilines is 1. The number of rotatable bonds is 4. The van der Waals surface area contributed by atoms with Crippen LogP contribution < -0.4 is 4.90 Å². The molecule has 2 fully saturated rings. The van der Waals surface area contributed by atoms with Gasteiger partial charge in [-0.15, -0.1) is 0 Å². The molecule has 5 nitrogen and oxygen atoms in total. The maximum absolute atomic E-state index is 11.9. The van der Waals surface area contributed by atoms with E-state index in [1.54, 1.807) is 0 Å². The van der Waals surface area contributed by atoms with Crippen molar-refractivity contribution in [3.05, 3.63) is 29.8 Å². The van der Waals surface area contributed by atoms with E-state index in [0.29, 0.717) is 19.5 Å². The summed E-state index contributed by atoms with van der Waals surface area (Å²) in [5.41, 5.74) is 2.35. The predicted octanol–water partition coefficient (Wildman–Crippen LogP) is 0.864. The molecule has 1 aromatic carbocycles. The fourth-order valence-corrected chi connectivity index (χ4v) is 2.98. The maximum atomic E-state index is 11.9. The van der Waals surface area contributed by atoms with Crippen LogP contribution in [0.4, 0.5) is 5.69 Å². The highest BCUT2D eigenvalue weighted by atomic mass is 16.5. The van der Waals surface area contributed by atoms with Gasteiger partial charge in [0.25, 0.3) is 0 Å². The zero-order valence-electron chi connectivity index (χ0n) is 12.2. The fourth-order valence-electron chi connectivity index (χ4n) is 2.98. The molecule has 21 heavy (non-hydrogen) atoms. The first kappa shape index (κ1) is 14.4. The molecule has 0 aromatic heterocycles. The number of hydrogen-bond acceptors (Lipinski definition) is 4. The van der Waals surface area contributed by atoms with Crippen molar-refractivity contribution in [3.63, 3.8) is 0 Å². The van der Waals surface area contributed by atoms with Crippen LogP contribution in [0, 0.1) is 5.92 Å². The molecule has 2 saturated heterocycles.